The number of benzene rings is 3. The summed E-state index contributed by atoms with van der Waals surface area (Å²) >= 11 is 0. The molecule has 1 N–H and O–H groups in total. The Balaban J connectivity index is 1.62. The molecule has 4 aromatic rings. The minimum atomic E-state index is -3.55. The van der Waals surface area contributed by atoms with Gasteiger partial charge in [-0.1, -0.05) is 43.3 Å². The molecule has 186 valence electrons. The van der Waals surface area contributed by atoms with Gasteiger partial charge in [-0.3, -0.25) is 4.79 Å². The number of carbonyl (C=O) groups is 1. The zero-order valence-electron chi connectivity index (χ0n) is 20.0. The predicted molar refractivity (Wildman–Crippen MR) is 134 cm³/mol. The summed E-state index contributed by atoms with van der Waals surface area (Å²) < 4.78 is 40.6. The van der Waals surface area contributed by atoms with E-state index in [2.05, 4.69) is 20.6 Å². The molecule has 1 aromatic heterocycles. The number of sulfonamides is 1. The Labute approximate surface area is 208 Å². The molecule has 0 aliphatic heterocycles. The maximum atomic E-state index is 14.4. The third-order valence-corrected chi connectivity index (χ3v) is 7.47. The molecule has 0 spiro atoms. The lowest BCUT2D eigenvalue weighted by Crippen LogP contribution is -2.29. The monoisotopic (exact) mass is 508 g/mol. The summed E-state index contributed by atoms with van der Waals surface area (Å²) in [4.78, 5) is 14.5. The molecular formula is C25H25FN6O3S. The first-order chi connectivity index (χ1) is 17.2. The largest absolute Gasteiger partial charge is 0.308 e. The Morgan fingerprint density at radius 1 is 0.972 bits per heavy atom. The van der Waals surface area contributed by atoms with Crippen molar-refractivity contribution in [3.05, 3.63) is 78.1 Å². The molecule has 0 fully saturated rings. The molecule has 3 aromatic carbocycles. The maximum absolute atomic E-state index is 14.4. The van der Waals surface area contributed by atoms with Crippen LogP contribution >= 0.6 is 0 Å². The molecule has 1 amide bonds. The summed E-state index contributed by atoms with van der Waals surface area (Å²) in [5.41, 5.74) is 3.21. The predicted octanol–water partition coefficient (Wildman–Crippen LogP) is 3.87. The number of carbonyl (C=O) groups excluding carboxylic acids is 1. The number of rotatable bonds is 8. The molecule has 0 atom stereocenters. The van der Waals surface area contributed by atoms with Gasteiger partial charge in [0.15, 0.2) is 5.82 Å². The van der Waals surface area contributed by atoms with Gasteiger partial charge in [0.2, 0.25) is 15.9 Å². The van der Waals surface area contributed by atoms with Gasteiger partial charge in [-0.05, 0) is 57.4 Å². The number of halogens is 1. The second-order valence-electron chi connectivity index (χ2n) is 8.29. The minimum Gasteiger partial charge on any atom is -0.308 e. The van der Waals surface area contributed by atoms with Crippen molar-refractivity contribution in [3.8, 4) is 22.5 Å². The van der Waals surface area contributed by atoms with E-state index >= 15 is 0 Å². The Morgan fingerprint density at radius 3 is 2.36 bits per heavy atom. The van der Waals surface area contributed by atoms with E-state index in [0.29, 0.717) is 17.1 Å². The number of H-pyrrole nitrogens is 1. The van der Waals surface area contributed by atoms with E-state index in [1.165, 1.54) is 35.4 Å². The van der Waals surface area contributed by atoms with Gasteiger partial charge in [0.1, 0.15) is 5.82 Å². The van der Waals surface area contributed by atoms with E-state index < -0.39 is 15.8 Å². The van der Waals surface area contributed by atoms with Crippen LogP contribution in [0, 0.1) is 5.82 Å². The Hall–Kier alpha value is -3.96. The lowest BCUT2D eigenvalue weighted by atomic mass is 10.0. The van der Waals surface area contributed by atoms with Gasteiger partial charge >= 0.3 is 0 Å². The molecule has 36 heavy (non-hydrogen) atoms. The minimum absolute atomic E-state index is 0.173. The lowest BCUT2D eigenvalue weighted by molar-refractivity contribution is -0.118. The number of nitrogens with one attached hydrogen (secondary N) is 1. The maximum Gasteiger partial charge on any atom is 0.242 e. The first kappa shape index (κ1) is 25.1. The van der Waals surface area contributed by atoms with Crippen LogP contribution in [0.15, 0.2) is 71.6 Å². The Kier molecular flexibility index (Phi) is 7.22. The topological polar surface area (TPSA) is 112 Å². The summed E-state index contributed by atoms with van der Waals surface area (Å²) in [7, 11) is -0.574. The van der Waals surface area contributed by atoms with Gasteiger partial charge in [-0.15, -0.1) is 5.10 Å². The SMILES string of the molecule is CCC(=O)N(Cc1ccc(-c2cccc(S(=O)(=O)N(C)C)c2)cc1)c1cc(F)cc(-c2nnn[nH]2)c1. The van der Waals surface area contributed by atoms with Crippen LogP contribution in [0.5, 0.6) is 0 Å². The molecule has 0 saturated carbocycles. The molecule has 4 rings (SSSR count). The Bertz CT molecular complexity index is 1470. The summed E-state index contributed by atoms with van der Waals surface area (Å²) in [6.07, 6.45) is 0.237. The second-order valence-corrected chi connectivity index (χ2v) is 10.4. The number of nitrogens with zero attached hydrogens (tertiary/aromatic N) is 5. The van der Waals surface area contributed by atoms with Crippen LogP contribution in [0.4, 0.5) is 10.1 Å². The summed E-state index contributed by atoms with van der Waals surface area (Å²) in [5.74, 6) is -0.397. The van der Waals surface area contributed by atoms with Crippen molar-refractivity contribution in [1.82, 2.24) is 24.9 Å². The highest BCUT2D eigenvalue weighted by Gasteiger charge is 2.19. The third-order valence-electron chi connectivity index (χ3n) is 5.66. The average Bonchev–Trinajstić information content (AvgIpc) is 3.42. The van der Waals surface area contributed by atoms with Crippen molar-refractivity contribution in [2.75, 3.05) is 19.0 Å². The van der Waals surface area contributed by atoms with Gasteiger partial charge < -0.3 is 4.90 Å². The fourth-order valence-electron chi connectivity index (χ4n) is 3.69. The smallest absolute Gasteiger partial charge is 0.242 e. The van der Waals surface area contributed by atoms with Crippen molar-refractivity contribution in [1.29, 1.82) is 0 Å². The summed E-state index contributed by atoms with van der Waals surface area (Å²) in [6.45, 7) is 1.97. The molecule has 0 unspecified atom stereocenters. The number of amides is 1. The second kappa shape index (κ2) is 10.3. The van der Waals surface area contributed by atoms with Crippen molar-refractivity contribution in [3.63, 3.8) is 0 Å². The Morgan fingerprint density at radius 2 is 1.72 bits per heavy atom. The lowest BCUT2D eigenvalue weighted by Gasteiger charge is -2.23. The highest BCUT2D eigenvalue weighted by molar-refractivity contribution is 7.89. The van der Waals surface area contributed by atoms with Crippen molar-refractivity contribution >= 4 is 21.6 Å². The zero-order chi connectivity index (χ0) is 25.9. The van der Waals surface area contributed by atoms with Gasteiger partial charge in [-0.25, -0.2) is 22.2 Å². The normalized spacial score (nSPS) is 11.6. The van der Waals surface area contributed by atoms with Crippen LogP contribution < -0.4 is 4.90 Å². The molecule has 0 bridgehead atoms. The number of aromatic nitrogens is 4. The first-order valence-electron chi connectivity index (χ1n) is 11.2. The van der Waals surface area contributed by atoms with Gasteiger partial charge in [-0.2, -0.15) is 0 Å². The number of aromatic amines is 1. The summed E-state index contributed by atoms with van der Waals surface area (Å²) in [5, 5.41) is 13.5. The molecular weight excluding hydrogens is 483 g/mol. The fourth-order valence-corrected chi connectivity index (χ4v) is 4.64. The molecule has 9 nitrogen and oxygen atoms in total. The average molecular weight is 509 g/mol. The van der Waals surface area contributed by atoms with Crippen LogP contribution in [0.2, 0.25) is 0 Å². The molecule has 0 saturated heterocycles. The van der Waals surface area contributed by atoms with Gasteiger partial charge in [0, 0.05) is 31.8 Å². The number of anilines is 1. The van der Waals surface area contributed by atoms with Crippen LogP contribution in [-0.4, -0.2) is 53.3 Å². The van der Waals surface area contributed by atoms with Crippen molar-refractivity contribution in [2.24, 2.45) is 0 Å². The standard InChI is InChI=1S/C25H25FN6O3S/c1-4-24(33)32(22-13-20(12-21(26)15-22)25-27-29-30-28-25)16-17-8-10-18(11-9-17)19-6-5-7-23(14-19)36(34,35)31(2)3/h5-15H,4,16H2,1-3H3,(H,27,28,29,30). The van der Waals surface area contributed by atoms with E-state index in [4.69, 9.17) is 0 Å². The molecule has 0 radical (unpaired) electrons. The number of hydrogen-bond acceptors (Lipinski definition) is 6. The van der Waals surface area contributed by atoms with E-state index in [-0.39, 0.29) is 23.8 Å². The molecule has 1 heterocycles. The van der Waals surface area contributed by atoms with Crippen LogP contribution in [0.1, 0.15) is 18.9 Å². The highest BCUT2D eigenvalue weighted by Crippen LogP contribution is 2.28. The first-order valence-corrected chi connectivity index (χ1v) is 12.6. The summed E-state index contributed by atoms with van der Waals surface area (Å²) in [6, 6.07) is 18.4. The molecule has 0 aliphatic carbocycles. The zero-order valence-corrected chi connectivity index (χ0v) is 20.8. The highest BCUT2D eigenvalue weighted by atomic mass is 32.2. The fraction of sp³-hybridized carbons (Fsp3) is 0.200. The van der Waals surface area contributed by atoms with Crippen molar-refractivity contribution in [2.45, 2.75) is 24.8 Å². The van der Waals surface area contributed by atoms with E-state index in [9.17, 15) is 17.6 Å². The van der Waals surface area contributed by atoms with Crippen LogP contribution in [0.3, 0.4) is 0 Å². The molecule has 11 heteroatoms. The third kappa shape index (κ3) is 5.31. The van der Waals surface area contributed by atoms with E-state index in [1.807, 2.05) is 30.3 Å². The van der Waals surface area contributed by atoms with E-state index in [1.54, 1.807) is 31.2 Å². The molecule has 0 aliphatic rings. The van der Waals surface area contributed by atoms with Gasteiger partial charge in [0.05, 0.1) is 11.4 Å². The van der Waals surface area contributed by atoms with Crippen LogP contribution in [0.25, 0.3) is 22.5 Å². The van der Waals surface area contributed by atoms with Crippen molar-refractivity contribution < 1.29 is 17.6 Å². The quantitative estimate of drug-likeness (QED) is 0.387. The van der Waals surface area contributed by atoms with Gasteiger partial charge in [0.25, 0.3) is 0 Å². The number of tetrazole rings is 1. The number of hydrogen-bond donors (Lipinski definition) is 1. The van der Waals surface area contributed by atoms with E-state index in [0.717, 1.165) is 16.7 Å². The van der Waals surface area contributed by atoms with Crippen LogP contribution in [-0.2, 0) is 21.4 Å².